The molecule has 0 amide bonds. The summed E-state index contributed by atoms with van der Waals surface area (Å²) >= 11 is 0. The summed E-state index contributed by atoms with van der Waals surface area (Å²) in [5.41, 5.74) is 3.31. The summed E-state index contributed by atoms with van der Waals surface area (Å²) in [5.74, 6) is 0. The van der Waals surface area contributed by atoms with Crippen LogP contribution in [0.15, 0.2) is 24.4 Å². The zero-order valence-corrected chi connectivity index (χ0v) is 9.93. The van der Waals surface area contributed by atoms with Gasteiger partial charge >= 0.3 is 0 Å². The number of benzene rings is 1. The molecular formula is C13H16N2O2. The van der Waals surface area contributed by atoms with Crippen LogP contribution in [-0.2, 0) is 0 Å². The van der Waals surface area contributed by atoms with E-state index in [1.807, 2.05) is 12.1 Å². The van der Waals surface area contributed by atoms with Crippen molar-refractivity contribution in [2.24, 2.45) is 0 Å². The van der Waals surface area contributed by atoms with E-state index < -0.39 is 4.92 Å². The van der Waals surface area contributed by atoms with Crippen molar-refractivity contribution in [2.45, 2.75) is 19.8 Å². The van der Waals surface area contributed by atoms with Crippen LogP contribution in [0.1, 0.15) is 24.0 Å². The third-order valence-corrected chi connectivity index (χ3v) is 3.06. The van der Waals surface area contributed by atoms with E-state index in [0.29, 0.717) is 0 Å². The quantitative estimate of drug-likeness (QED) is 0.594. The summed E-state index contributed by atoms with van der Waals surface area (Å²) in [6, 6.07) is 5.98. The lowest BCUT2D eigenvalue weighted by molar-refractivity contribution is -0.400. The Morgan fingerprint density at radius 1 is 1.35 bits per heavy atom. The van der Waals surface area contributed by atoms with E-state index in [9.17, 15) is 10.1 Å². The Kier molecular flexibility index (Phi) is 3.42. The summed E-state index contributed by atoms with van der Waals surface area (Å²) in [7, 11) is 0. The van der Waals surface area contributed by atoms with Gasteiger partial charge in [-0.15, -0.1) is 0 Å². The van der Waals surface area contributed by atoms with E-state index in [1.54, 1.807) is 0 Å². The summed E-state index contributed by atoms with van der Waals surface area (Å²) in [6.45, 7) is 4.28. The van der Waals surface area contributed by atoms with E-state index >= 15 is 0 Å². The number of nitro groups is 1. The van der Waals surface area contributed by atoms with E-state index in [1.165, 1.54) is 30.2 Å². The molecule has 4 heteroatoms. The van der Waals surface area contributed by atoms with Crippen molar-refractivity contribution in [3.63, 3.8) is 0 Å². The number of hydrogen-bond donors (Lipinski definition) is 0. The highest BCUT2D eigenvalue weighted by molar-refractivity contribution is 5.60. The van der Waals surface area contributed by atoms with Gasteiger partial charge < -0.3 is 4.90 Å². The van der Waals surface area contributed by atoms with Crippen LogP contribution >= 0.6 is 0 Å². The molecule has 0 unspecified atom stereocenters. The first-order valence-electron chi connectivity index (χ1n) is 5.84. The fourth-order valence-electron chi connectivity index (χ4n) is 2.24. The minimum absolute atomic E-state index is 0.441. The van der Waals surface area contributed by atoms with E-state index in [4.69, 9.17) is 0 Å². The Labute approximate surface area is 101 Å². The molecule has 0 N–H and O–H groups in total. The standard InChI is InChI=1S/C13H16N2O2/c1-11-10-12(6-9-15(16)17)4-5-13(11)14-7-2-3-8-14/h4-6,9-10H,2-3,7-8H2,1H3. The van der Waals surface area contributed by atoms with Gasteiger partial charge in [0.15, 0.2) is 0 Å². The molecule has 1 heterocycles. The van der Waals surface area contributed by atoms with Crippen LogP contribution in [0.3, 0.4) is 0 Å². The molecule has 90 valence electrons. The second-order valence-electron chi connectivity index (χ2n) is 4.34. The fourth-order valence-corrected chi connectivity index (χ4v) is 2.24. The minimum atomic E-state index is -0.441. The zero-order valence-electron chi connectivity index (χ0n) is 9.93. The molecule has 0 aromatic heterocycles. The molecule has 0 bridgehead atoms. The van der Waals surface area contributed by atoms with Gasteiger partial charge in [-0.1, -0.05) is 6.07 Å². The SMILES string of the molecule is Cc1cc(C=C[N+](=O)[O-])ccc1N1CCCC1. The molecule has 1 aliphatic rings. The molecule has 0 spiro atoms. The van der Waals surface area contributed by atoms with Crippen molar-refractivity contribution >= 4 is 11.8 Å². The van der Waals surface area contributed by atoms with Gasteiger partial charge in [0.1, 0.15) is 0 Å². The average Bonchev–Trinajstić information content (AvgIpc) is 2.79. The first kappa shape index (κ1) is 11.6. The van der Waals surface area contributed by atoms with Crippen LogP contribution in [0.4, 0.5) is 5.69 Å². The topological polar surface area (TPSA) is 46.4 Å². The highest BCUT2D eigenvalue weighted by Gasteiger charge is 2.13. The van der Waals surface area contributed by atoms with Gasteiger partial charge in [-0.3, -0.25) is 10.1 Å². The van der Waals surface area contributed by atoms with Gasteiger partial charge in [-0.2, -0.15) is 0 Å². The van der Waals surface area contributed by atoms with Crippen molar-refractivity contribution in [3.8, 4) is 0 Å². The summed E-state index contributed by atoms with van der Waals surface area (Å²) in [4.78, 5) is 12.2. The summed E-state index contributed by atoms with van der Waals surface area (Å²) < 4.78 is 0. The molecule has 0 atom stereocenters. The normalized spacial score (nSPS) is 15.7. The maximum Gasteiger partial charge on any atom is 0.235 e. The first-order valence-corrected chi connectivity index (χ1v) is 5.84. The molecule has 1 saturated heterocycles. The summed E-state index contributed by atoms with van der Waals surface area (Å²) in [5, 5.41) is 10.2. The Hall–Kier alpha value is -1.84. The molecule has 1 aromatic rings. The Morgan fingerprint density at radius 2 is 2.06 bits per heavy atom. The Balaban J connectivity index is 2.19. The first-order chi connectivity index (χ1) is 8.16. The molecule has 0 saturated carbocycles. The van der Waals surface area contributed by atoms with Crippen molar-refractivity contribution in [1.82, 2.24) is 0 Å². The second-order valence-corrected chi connectivity index (χ2v) is 4.34. The summed E-state index contributed by atoms with van der Waals surface area (Å²) in [6.07, 6.45) is 5.01. The molecule has 0 aliphatic carbocycles. The molecule has 2 rings (SSSR count). The Morgan fingerprint density at radius 3 is 2.65 bits per heavy atom. The number of aryl methyl sites for hydroxylation is 1. The van der Waals surface area contributed by atoms with Gasteiger partial charge in [0, 0.05) is 24.9 Å². The van der Waals surface area contributed by atoms with Gasteiger partial charge in [0.05, 0.1) is 4.92 Å². The van der Waals surface area contributed by atoms with Crippen LogP contribution in [0.25, 0.3) is 6.08 Å². The molecular weight excluding hydrogens is 216 g/mol. The Bertz CT molecular complexity index is 449. The van der Waals surface area contributed by atoms with Crippen LogP contribution in [0.2, 0.25) is 0 Å². The van der Waals surface area contributed by atoms with Gasteiger partial charge in [0.25, 0.3) is 0 Å². The third kappa shape index (κ3) is 2.84. The van der Waals surface area contributed by atoms with Crippen molar-refractivity contribution in [2.75, 3.05) is 18.0 Å². The van der Waals surface area contributed by atoms with Crippen LogP contribution in [-0.4, -0.2) is 18.0 Å². The predicted molar refractivity (Wildman–Crippen MR) is 68.7 cm³/mol. The van der Waals surface area contributed by atoms with E-state index in [-0.39, 0.29) is 0 Å². The number of anilines is 1. The number of rotatable bonds is 3. The average molecular weight is 232 g/mol. The lowest BCUT2D eigenvalue weighted by atomic mass is 10.1. The second kappa shape index (κ2) is 4.99. The molecule has 1 aromatic carbocycles. The monoisotopic (exact) mass is 232 g/mol. The predicted octanol–water partition coefficient (Wildman–Crippen LogP) is 2.84. The fraction of sp³-hybridized carbons (Fsp3) is 0.385. The van der Waals surface area contributed by atoms with Crippen molar-refractivity contribution in [1.29, 1.82) is 0 Å². The minimum Gasteiger partial charge on any atom is -0.371 e. The number of hydrogen-bond acceptors (Lipinski definition) is 3. The van der Waals surface area contributed by atoms with Crippen LogP contribution in [0, 0.1) is 17.0 Å². The maximum absolute atomic E-state index is 10.2. The largest absolute Gasteiger partial charge is 0.371 e. The van der Waals surface area contributed by atoms with Crippen molar-refractivity contribution < 1.29 is 4.92 Å². The van der Waals surface area contributed by atoms with E-state index in [2.05, 4.69) is 17.9 Å². The van der Waals surface area contributed by atoms with Crippen LogP contribution < -0.4 is 4.90 Å². The highest BCUT2D eigenvalue weighted by Crippen LogP contribution is 2.25. The van der Waals surface area contributed by atoms with Gasteiger partial charge in [-0.25, -0.2) is 0 Å². The maximum atomic E-state index is 10.2. The molecule has 17 heavy (non-hydrogen) atoms. The van der Waals surface area contributed by atoms with E-state index in [0.717, 1.165) is 24.9 Å². The molecule has 0 radical (unpaired) electrons. The molecule has 4 nitrogen and oxygen atoms in total. The van der Waals surface area contributed by atoms with Crippen LogP contribution in [0.5, 0.6) is 0 Å². The smallest absolute Gasteiger partial charge is 0.235 e. The third-order valence-electron chi connectivity index (χ3n) is 3.06. The van der Waals surface area contributed by atoms with Crippen molar-refractivity contribution in [3.05, 3.63) is 45.6 Å². The lowest BCUT2D eigenvalue weighted by Crippen LogP contribution is -2.18. The number of nitrogens with zero attached hydrogens (tertiary/aromatic N) is 2. The lowest BCUT2D eigenvalue weighted by Gasteiger charge is -2.20. The zero-order chi connectivity index (χ0) is 12.3. The molecule has 1 fully saturated rings. The van der Waals surface area contributed by atoms with Gasteiger partial charge in [0.2, 0.25) is 6.20 Å². The highest BCUT2D eigenvalue weighted by atomic mass is 16.6. The molecule has 1 aliphatic heterocycles. The van der Waals surface area contributed by atoms with Gasteiger partial charge in [-0.05, 0) is 43.0 Å².